The summed E-state index contributed by atoms with van der Waals surface area (Å²) in [6.07, 6.45) is 1.17. The summed E-state index contributed by atoms with van der Waals surface area (Å²) in [5.41, 5.74) is 0. The zero-order valence-corrected chi connectivity index (χ0v) is 10.5. The highest BCUT2D eigenvalue weighted by molar-refractivity contribution is 4.74. The molecule has 0 spiro atoms. The minimum Gasteiger partial charge on any atom is -0.381 e. The molecule has 1 heterocycles. The Balaban J connectivity index is 1.95. The van der Waals surface area contributed by atoms with Crippen molar-refractivity contribution >= 4 is 0 Å². The maximum atomic E-state index is 5.57. The average Bonchev–Trinajstić information content (AvgIpc) is 2.17. The summed E-state index contributed by atoms with van der Waals surface area (Å²) in [4.78, 5) is 2.53. The quantitative estimate of drug-likeness (QED) is 0.675. The van der Waals surface area contributed by atoms with Crippen LogP contribution >= 0.6 is 0 Å². The molecule has 0 aromatic heterocycles. The number of piperazine rings is 1. The Labute approximate surface area is 94.2 Å². The first-order chi connectivity index (χ1) is 7.18. The third-order valence-electron chi connectivity index (χ3n) is 2.67. The van der Waals surface area contributed by atoms with Crippen molar-refractivity contribution in [1.29, 1.82) is 0 Å². The molecule has 1 N–H and O–H groups in total. The van der Waals surface area contributed by atoms with Gasteiger partial charge in [-0.3, -0.25) is 0 Å². The van der Waals surface area contributed by atoms with E-state index >= 15 is 0 Å². The third-order valence-corrected chi connectivity index (χ3v) is 2.67. The van der Waals surface area contributed by atoms with Crippen LogP contribution in [0.1, 0.15) is 27.2 Å². The van der Waals surface area contributed by atoms with Crippen molar-refractivity contribution in [3.05, 3.63) is 0 Å². The first-order valence-corrected chi connectivity index (χ1v) is 6.22. The predicted octanol–water partition coefficient (Wildman–Crippen LogP) is 1.34. The molecule has 1 unspecified atom stereocenters. The van der Waals surface area contributed by atoms with Gasteiger partial charge in [0.05, 0.1) is 0 Å². The van der Waals surface area contributed by atoms with E-state index in [4.69, 9.17) is 4.74 Å². The van der Waals surface area contributed by atoms with E-state index in [1.54, 1.807) is 0 Å². The molecular formula is C12H26N2O. The average molecular weight is 214 g/mol. The van der Waals surface area contributed by atoms with Crippen LogP contribution < -0.4 is 5.32 Å². The van der Waals surface area contributed by atoms with E-state index in [0.717, 1.165) is 19.8 Å². The number of nitrogens with zero attached hydrogens (tertiary/aromatic N) is 1. The number of hydrogen-bond donors (Lipinski definition) is 1. The molecule has 90 valence electrons. The molecule has 0 aliphatic carbocycles. The van der Waals surface area contributed by atoms with Crippen LogP contribution in [0.3, 0.4) is 0 Å². The molecule has 3 heteroatoms. The Morgan fingerprint density at radius 3 is 2.93 bits per heavy atom. The van der Waals surface area contributed by atoms with E-state index in [0.29, 0.717) is 12.0 Å². The molecule has 1 saturated heterocycles. The maximum absolute atomic E-state index is 5.57. The Morgan fingerprint density at radius 1 is 1.47 bits per heavy atom. The van der Waals surface area contributed by atoms with Crippen molar-refractivity contribution in [1.82, 2.24) is 10.2 Å². The largest absolute Gasteiger partial charge is 0.381 e. The smallest absolute Gasteiger partial charge is 0.0489 e. The molecule has 15 heavy (non-hydrogen) atoms. The van der Waals surface area contributed by atoms with Crippen LogP contribution in [0.25, 0.3) is 0 Å². The summed E-state index contributed by atoms with van der Waals surface area (Å²) in [6, 6.07) is 0.648. The van der Waals surface area contributed by atoms with E-state index < -0.39 is 0 Å². The van der Waals surface area contributed by atoms with Gasteiger partial charge in [0.1, 0.15) is 0 Å². The molecule has 1 fully saturated rings. The molecule has 1 aliphatic heterocycles. The lowest BCUT2D eigenvalue weighted by Crippen LogP contribution is -2.49. The van der Waals surface area contributed by atoms with E-state index in [9.17, 15) is 0 Å². The van der Waals surface area contributed by atoms with Crippen molar-refractivity contribution in [2.45, 2.75) is 33.2 Å². The van der Waals surface area contributed by atoms with Gasteiger partial charge < -0.3 is 15.0 Å². The Hall–Kier alpha value is -0.120. The fourth-order valence-electron chi connectivity index (χ4n) is 1.92. The van der Waals surface area contributed by atoms with Crippen LogP contribution in [0.5, 0.6) is 0 Å². The number of nitrogens with one attached hydrogen (secondary N) is 1. The van der Waals surface area contributed by atoms with Crippen molar-refractivity contribution < 1.29 is 4.74 Å². The predicted molar refractivity (Wildman–Crippen MR) is 64.2 cm³/mol. The molecular weight excluding hydrogens is 188 g/mol. The van der Waals surface area contributed by atoms with Crippen LogP contribution in [0.4, 0.5) is 0 Å². The van der Waals surface area contributed by atoms with Gasteiger partial charge in [0.2, 0.25) is 0 Å². The van der Waals surface area contributed by atoms with Gasteiger partial charge in [0, 0.05) is 45.4 Å². The van der Waals surface area contributed by atoms with Crippen LogP contribution in [-0.4, -0.2) is 50.3 Å². The monoisotopic (exact) mass is 214 g/mol. The summed E-state index contributed by atoms with van der Waals surface area (Å²) in [5.74, 6) is 0.657. The van der Waals surface area contributed by atoms with E-state index in [-0.39, 0.29) is 0 Å². The van der Waals surface area contributed by atoms with Gasteiger partial charge in [-0.05, 0) is 19.3 Å². The van der Waals surface area contributed by atoms with Crippen molar-refractivity contribution in [3.63, 3.8) is 0 Å². The van der Waals surface area contributed by atoms with E-state index in [1.165, 1.54) is 26.1 Å². The van der Waals surface area contributed by atoms with Gasteiger partial charge in [-0.2, -0.15) is 0 Å². The standard InChI is InChI=1S/C12H26N2O/c1-11(2)10-15-8-4-6-14-7-5-13-12(3)9-14/h11-13H,4-10H2,1-3H3. The molecule has 0 amide bonds. The van der Waals surface area contributed by atoms with Gasteiger partial charge >= 0.3 is 0 Å². The minimum absolute atomic E-state index is 0.648. The van der Waals surface area contributed by atoms with Crippen LogP contribution in [-0.2, 0) is 4.74 Å². The zero-order valence-electron chi connectivity index (χ0n) is 10.5. The third kappa shape index (κ3) is 6.13. The molecule has 1 atom stereocenters. The van der Waals surface area contributed by atoms with Crippen LogP contribution in [0.15, 0.2) is 0 Å². The molecule has 0 saturated carbocycles. The Kier molecular flexibility index (Phi) is 6.22. The maximum Gasteiger partial charge on any atom is 0.0489 e. The van der Waals surface area contributed by atoms with Gasteiger partial charge in [0.15, 0.2) is 0 Å². The molecule has 1 aliphatic rings. The topological polar surface area (TPSA) is 24.5 Å². The summed E-state index contributed by atoms with van der Waals surface area (Å²) in [7, 11) is 0. The van der Waals surface area contributed by atoms with E-state index in [1.807, 2.05) is 0 Å². The second-order valence-electron chi connectivity index (χ2n) is 4.98. The summed E-state index contributed by atoms with van der Waals surface area (Å²) in [6.45, 7) is 13.1. The minimum atomic E-state index is 0.648. The normalized spacial score (nSPS) is 23.6. The highest BCUT2D eigenvalue weighted by atomic mass is 16.5. The molecule has 0 bridgehead atoms. The lowest BCUT2D eigenvalue weighted by atomic mass is 10.2. The van der Waals surface area contributed by atoms with Gasteiger partial charge in [-0.15, -0.1) is 0 Å². The lowest BCUT2D eigenvalue weighted by molar-refractivity contribution is 0.0955. The SMILES string of the molecule is CC(C)COCCCN1CCNC(C)C1. The number of hydrogen-bond acceptors (Lipinski definition) is 3. The van der Waals surface area contributed by atoms with Gasteiger partial charge in [-0.1, -0.05) is 13.8 Å². The highest BCUT2D eigenvalue weighted by Crippen LogP contribution is 2.00. The summed E-state index contributed by atoms with van der Waals surface area (Å²) < 4.78 is 5.57. The Bertz CT molecular complexity index is 162. The van der Waals surface area contributed by atoms with Crippen LogP contribution in [0.2, 0.25) is 0 Å². The lowest BCUT2D eigenvalue weighted by Gasteiger charge is -2.31. The Morgan fingerprint density at radius 2 is 2.27 bits per heavy atom. The second-order valence-corrected chi connectivity index (χ2v) is 4.98. The van der Waals surface area contributed by atoms with Gasteiger partial charge in [0.25, 0.3) is 0 Å². The van der Waals surface area contributed by atoms with Crippen molar-refractivity contribution in [2.24, 2.45) is 5.92 Å². The second kappa shape index (κ2) is 7.20. The molecule has 0 aromatic rings. The summed E-state index contributed by atoms with van der Waals surface area (Å²) >= 11 is 0. The highest BCUT2D eigenvalue weighted by Gasteiger charge is 2.14. The summed E-state index contributed by atoms with van der Waals surface area (Å²) in [5, 5.41) is 3.46. The van der Waals surface area contributed by atoms with Crippen molar-refractivity contribution in [2.75, 3.05) is 39.4 Å². The zero-order chi connectivity index (χ0) is 11.1. The fourth-order valence-corrected chi connectivity index (χ4v) is 1.92. The first-order valence-electron chi connectivity index (χ1n) is 6.22. The van der Waals surface area contributed by atoms with E-state index in [2.05, 4.69) is 31.0 Å². The molecule has 0 aromatic carbocycles. The first kappa shape index (κ1) is 12.9. The number of ether oxygens (including phenoxy) is 1. The van der Waals surface area contributed by atoms with Crippen molar-refractivity contribution in [3.8, 4) is 0 Å². The molecule has 3 nitrogen and oxygen atoms in total. The van der Waals surface area contributed by atoms with Gasteiger partial charge in [-0.25, -0.2) is 0 Å². The number of rotatable bonds is 6. The molecule has 1 rings (SSSR count). The fraction of sp³-hybridized carbons (Fsp3) is 1.00. The van der Waals surface area contributed by atoms with Crippen LogP contribution in [0, 0.1) is 5.92 Å². The molecule has 0 radical (unpaired) electrons.